The third kappa shape index (κ3) is 8.62. The van der Waals surface area contributed by atoms with E-state index < -0.39 is 93.7 Å². The summed E-state index contributed by atoms with van der Waals surface area (Å²) in [6.07, 6.45) is 0. The number of non-ortho nitro benzene ring substituents is 2. The normalized spacial score (nSPS) is 10.7. The van der Waals surface area contributed by atoms with Crippen molar-refractivity contribution in [1.29, 1.82) is 0 Å². The first kappa shape index (κ1) is 35.2. The van der Waals surface area contributed by atoms with E-state index in [-0.39, 0.29) is 73.1 Å². The maximum Gasteiger partial charge on any atom is 2.00 e. The zero-order valence-corrected chi connectivity index (χ0v) is 23.9. The van der Waals surface area contributed by atoms with E-state index in [0.717, 1.165) is 0 Å². The van der Waals surface area contributed by atoms with Gasteiger partial charge < -0.3 is 9.11 Å². The maximum atomic E-state index is 10.8. The monoisotopic (exact) mass is 722 g/mol. The van der Waals surface area contributed by atoms with Gasteiger partial charge >= 0.3 is 71.6 Å². The predicted molar refractivity (Wildman–Crippen MR) is 114 cm³/mol. The SMILES string of the molecule is O=[N+]([O-])c1cc([N+](=O)[O-])c(S(=O)(=O)[O-])c([N+](=O)[O-])c1.O=[N+]([O-])c1cc([N+](=O)[O-])c(S(=O)(=O)[O-])c([N+](=O)[O-])c1.[Ba+2]. The molecule has 0 unspecified atom stereocenters. The molecule has 39 heavy (non-hydrogen) atoms. The Morgan fingerprint density at radius 2 is 0.615 bits per heavy atom. The molecule has 0 bridgehead atoms. The average molecular weight is 722 g/mol. The summed E-state index contributed by atoms with van der Waals surface area (Å²) in [5, 5.41) is 63.2. The number of rotatable bonds is 8. The van der Waals surface area contributed by atoms with E-state index in [1.807, 2.05) is 0 Å². The molecular weight excluding hydrogens is 718 g/mol. The number of hydrogen-bond acceptors (Lipinski definition) is 18. The van der Waals surface area contributed by atoms with Gasteiger partial charge in [-0.15, -0.1) is 0 Å². The van der Waals surface area contributed by atoms with Crippen molar-refractivity contribution in [1.82, 2.24) is 0 Å². The van der Waals surface area contributed by atoms with Crippen LogP contribution in [0.5, 0.6) is 0 Å². The Bertz CT molecular complexity index is 1450. The molecule has 0 N–H and O–H groups in total. The molecule has 27 heteroatoms. The van der Waals surface area contributed by atoms with Crippen LogP contribution in [0, 0.1) is 60.7 Å². The fourth-order valence-corrected chi connectivity index (χ4v) is 3.99. The maximum absolute atomic E-state index is 10.8. The summed E-state index contributed by atoms with van der Waals surface area (Å²) in [7, 11) is -11.1. The minimum atomic E-state index is -5.55. The van der Waals surface area contributed by atoms with Gasteiger partial charge in [-0.05, 0) is 0 Å². The van der Waals surface area contributed by atoms with Gasteiger partial charge in [-0.3, -0.25) is 60.7 Å². The van der Waals surface area contributed by atoms with E-state index in [1.165, 1.54) is 0 Å². The van der Waals surface area contributed by atoms with Crippen molar-refractivity contribution >= 4 is 103 Å². The van der Waals surface area contributed by atoms with Crippen molar-refractivity contribution < 1.29 is 55.5 Å². The summed E-state index contributed by atoms with van der Waals surface area (Å²) in [5.41, 5.74) is -8.23. The zero-order chi connectivity index (χ0) is 29.9. The smallest absolute Gasteiger partial charge is 0.744 e. The van der Waals surface area contributed by atoms with Gasteiger partial charge in [0.2, 0.25) is 9.79 Å². The molecule has 0 aromatic heterocycles. The first-order valence-electron chi connectivity index (χ1n) is 8.25. The van der Waals surface area contributed by atoms with Gasteiger partial charge in [-0.1, -0.05) is 0 Å². The summed E-state index contributed by atoms with van der Waals surface area (Å²) in [6, 6.07) is 0.658. The molecule has 24 nitrogen and oxygen atoms in total. The predicted octanol–water partition coefficient (Wildman–Crippen LogP) is 0.250. The molecule has 0 atom stereocenters. The van der Waals surface area contributed by atoms with Crippen LogP contribution in [0.3, 0.4) is 0 Å². The summed E-state index contributed by atoms with van der Waals surface area (Å²) in [6.45, 7) is 0. The van der Waals surface area contributed by atoms with Crippen LogP contribution in [0.1, 0.15) is 0 Å². The molecule has 0 fully saturated rings. The molecule has 2 aromatic rings. The minimum absolute atomic E-state index is 0. The Kier molecular flexibility index (Phi) is 11.6. The van der Waals surface area contributed by atoms with E-state index in [1.54, 1.807) is 0 Å². The van der Waals surface area contributed by atoms with Gasteiger partial charge in [-0.25, -0.2) is 16.8 Å². The molecule has 0 amide bonds. The van der Waals surface area contributed by atoms with E-state index in [4.69, 9.17) is 0 Å². The van der Waals surface area contributed by atoms with Gasteiger partial charge in [0.1, 0.15) is 20.2 Å². The number of hydrogen-bond donors (Lipinski definition) is 0. The molecule has 0 aliphatic carbocycles. The first-order valence-corrected chi connectivity index (χ1v) is 11.1. The number of nitro groups is 6. The molecule has 204 valence electrons. The van der Waals surface area contributed by atoms with E-state index >= 15 is 0 Å². The molecule has 0 aliphatic rings. The van der Waals surface area contributed by atoms with Crippen molar-refractivity contribution in [2.24, 2.45) is 0 Å². The topological polar surface area (TPSA) is 373 Å². The van der Waals surface area contributed by atoms with Crippen molar-refractivity contribution in [3.8, 4) is 0 Å². The zero-order valence-electron chi connectivity index (χ0n) is 17.9. The molecular formula is C12H4BaN6O18S2. The van der Waals surface area contributed by atoms with Crippen molar-refractivity contribution in [2.75, 3.05) is 0 Å². The molecule has 0 heterocycles. The van der Waals surface area contributed by atoms with E-state index in [0.29, 0.717) is 0 Å². The second-order valence-electron chi connectivity index (χ2n) is 6.08. The fraction of sp³-hybridized carbons (Fsp3) is 0. The summed E-state index contributed by atoms with van der Waals surface area (Å²) in [4.78, 5) is 51.7. The van der Waals surface area contributed by atoms with Gasteiger partial charge in [0, 0.05) is 0 Å². The molecule has 0 radical (unpaired) electrons. The second-order valence-corrected chi connectivity index (χ2v) is 8.71. The average Bonchev–Trinajstić information content (AvgIpc) is 2.75. The van der Waals surface area contributed by atoms with Crippen LogP contribution in [0.2, 0.25) is 0 Å². The van der Waals surface area contributed by atoms with Crippen LogP contribution in [0.15, 0.2) is 34.1 Å². The fourth-order valence-electron chi connectivity index (χ4n) is 2.43. The van der Waals surface area contributed by atoms with Crippen LogP contribution in [0.25, 0.3) is 0 Å². The molecule has 2 aromatic carbocycles. The largest absolute Gasteiger partial charge is 2.00 e. The van der Waals surface area contributed by atoms with Crippen LogP contribution in [-0.2, 0) is 20.2 Å². The number of nitrogens with zero attached hydrogens (tertiary/aromatic N) is 6. The standard InChI is InChI=1S/2C6H3N3O9S.Ba/c2*10-7(11)3-1-4(8(12)13)6(19(16,17)18)5(2-3)9(14)15;/h2*1-2H,(H,16,17,18);/q;;+2/p-2. The number of benzene rings is 2. The van der Waals surface area contributed by atoms with Crippen molar-refractivity contribution in [3.05, 3.63) is 85.0 Å². The molecule has 0 saturated heterocycles. The number of nitro benzene ring substituents is 6. The first-order chi connectivity index (χ1) is 17.1. The van der Waals surface area contributed by atoms with Gasteiger partial charge in [0.15, 0.2) is 0 Å². The van der Waals surface area contributed by atoms with Crippen LogP contribution < -0.4 is 0 Å². The van der Waals surface area contributed by atoms with Crippen LogP contribution in [-0.4, -0.2) is 104 Å². The summed E-state index contributed by atoms with van der Waals surface area (Å²) in [5.74, 6) is 0. The Morgan fingerprint density at radius 3 is 0.718 bits per heavy atom. The Balaban J connectivity index is 0.000000722. The van der Waals surface area contributed by atoms with Crippen molar-refractivity contribution in [2.45, 2.75) is 9.79 Å². The second kappa shape index (κ2) is 12.9. The molecule has 2 rings (SSSR count). The molecule has 0 saturated carbocycles. The van der Waals surface area contributed by atoms with Gasteiger partial charge in [0.05, 0.1) is 53.8 Å². The Labute approximate surface area is 251 Å². The Hall–Kier alpha value is -3.77. The van der Waals surface area contributed by atoms with Crippen LogP contribution >= 0.6 is 0 Å². The Morgan fingerprint density at radius 1 is 0.436 bits per heavy atom. The summed E-state index contributed by atoms with van der Waals surface area (Å²) < 4.78 is 65.0. The summed E-state index contributed by atoms with van der Waals surface area (Å²) >= 11 is 0. The van der Waals surface area contributed by atoms with Crippen LogP contribution in [0.4, 0.5) is 34.1 Å². The van der Waals surface area contributed by atoms with Crippen molar-refractivity contribution in [3.63, 3.8) is 0 Å². The third-order valence-electron chi connectivity index (χ3n) is 3.78. The molecule has 0 spiro atoms. The van der Waals surface area contributed by atoms with E-state index in [2.05, 4.69) is 0 Å². The third-order valence-corrected chi connectivity index (χ3v) is 5.61. The quantitative estimate of drug-likeness (QED) is 0.152. The van der Waals surface area contributed by atoms with E-state index in [9.17, 15) is 86.6 Å². The molecule has 0 aliphatic heterocycles. The van der Waals surface area contributed by atoms with Gasteiger partial charge in [-0.2, -0.15) is 0 Å². The van der Waals surface area contributed by atoms with Gasteiger partial charge in [0.25, 0.3) is 11.4 Å². The minimum Gasteiger partial charge on any atom is -0.744 e.